The lowest BCUT2D eigenvalue weighted by Crippen LogP contribution is -2.25. The molecule has 140 valence electrons. The normalized spacial score (nSPS) is 10.8. The van der Waals surface area contributed by atoms with Gasteiger partial charge in [0.1, 0.15) is 5.69 Å². The lowest BCUT2D eigenvalue weighted by Gasteiger charge is -2.03. The van der Waals surface area contributed by atoms with Gasteiger partial charge in [0.15, 0.2) is 17.1 Å². The molecule has 3 aromatic heterocycles. The smallest absolute Gasteiger partial charge is 0.450 e. The average molecular weight is 380 g/mol. The van der Waals surface area contributed by atoms with Crippen LogP contribution in [0.25, 0.3) is 5.65 Å². The van der Waals surface area contributed by atoms with Crippen LogP contribution in [-0.2, 0) is 4.79 Å². The van der Waals surface area contributed by atoms with Crippen LogP contribution in [0.2, 0.25) is 0 Å². The van der Waals surface area contributed by atoms with E-state index in [1.165, 1.54) is 35.0 Å². The van der Waals surface area contributed by atoms with Gasteiger partial charge in [-0.3, -0.25) is 14.6 Å². The zero-order valence-electron chi connectivity index (χ0n) is 13.4. The third-order valence-corrected chi connectivity index (χ3v) is 3.04. The Labute approximate surface area is 149 Å². The van der Waals surface area contributed by atoms with Crippen molar-refractivity contribution in [2.24, 2.45) is 0 Å². The summed E-state index contributed by atoms with van der Waals surface area (Å²) in [7, 11) is 0. The predicted octanol–water partition coefficient (Wildman–Crippen LogP) is 2.21. The Morgan fingerprint density at radius 1 is 1.04 bits per heavy atom. The van der Waals surface area contributed by atoms with Crippen LogP contribution in [0.1, 0.15) is 27.4 Å². The molecule has 0 bridgehead atoms. The number of carboxylic acids is 1. The number of rotatable bonds is 4. The molecule has 0 aromatic carbocycles. The van der Waals surface area contributed by atoms with Crippen LogP contribution in [0, 0.1) is 0 Å². The number of nitrogens with zero attached hydrogens (tertiary/aromatic N) is 4. The highest BCUT2D eigenvalue weighted by Gasteiger charge is 2.39. The molecule has 0 aliphatic heterocycles. The first kappa shape index (κ1) is 19.7. The van der Waals surface area contributed by atoms with E-state index in [9.17, 15) is 27.6 Å². The molecular weight excluding hydrogens is 369 g/mol. The van der Waals surface area contributed by atoms with E-state index in [1.807, 2.05) is 0 Å². The maximum absolute atomic E-state index is 11.8. The van der Waals surface area contributed by atoms with Gasteiger partial charge < -0.3 is 5.11 Å². The summed E-state index contributed by atoms with van der Waals surface area (Å²) in [5.74, 6) is -4.03. The minimum Gasteiger partial charge on any atom is -0.476 e. The number of ketones is 2. The highest BCUT2D eigenvalue weighted by molar-refractivity contribution is 6.08. The molecule has 11 heteroatoms. The van der Waals surface area contributed by atoms with Crippen molar-refractivity contribution < 1.29 is 32.7 Å². The predicted molar refractivity (Wildman–Crippen MR) is 84.2 cm³/mol. The fraction of sp³-hybridized carbons (Fsp3) is 0.125. The minimum absolute atomic E-state index is 0.00806. The number of aromatic carboxylic acids is 1. The van der Waals surface area contributed by atoms with Crippen LogP contribution in [0.4, 0.5) is 13.2 Å². The van der Waals surface area contributed by atoms with Crippen LogP contribution in [-0.4, -0.2) is 48.4 Å². The van der Waals surface area contributed by atoms with Gasteiger partial charge in [0.25, 0.3) is 0 Å². The summed E-state index contributed by atoms with van der Waals surface area (Å²) < 4.78 is 36.8. The molecule has 1 N–H and O–H groups in total. The molecule has 0 unspecified atom stereocenters. The fourth-order valence-corrected chi connectivity index (χ4v) is 1.80. The summed E-state index contributed by atoms with van der Waals surface area (Å²) in [6, 6.07) is 7.33. The van der Waals surface area contributed by atoms with Gasteiger partial charge >= 0.3 is 12.1 Å². The fourth-order valence-electron chi connectivity index (χ4n) is 1.80. The van der Waals surface area contributed by atoms with Crippen LogP contribution in [0.3, 0.4) is 0 Å². The van der Waals surface area contributed by atoms with Gasteiger partial charge in [-0.05, 0) is 18.2 Å². The van der Waals surface area contributed by atoms with E-state index >= 15 is 0 Å². The second-order valence-corrected chi connectivity index (χ2v) is 4.99. The Kier molecular flexibility index (Phi) is 5.96. The highest BCUT2D eigenvalue weighted by atomic mass is 19.4. The Morgan fingerprint density at radius 3 is 2.30 bits per heavy atom. The van der Waals surface area contributed by atoms with E-state index < -0.39 is 30.1 Å². The SMILES string of the molecule is O=C(CC(=O)C(F)(F)F)c1ccccn1.O=C(O)c1cc2ncccn2n1. The summed E-state index contributed by atoms with van der Waals surface area (Å²) in [5.41, 5.74) is 0.402. The quantitative estimate of drug-likeness (QED) is 0.545. The van der Waals surface area contributed by atoms with Gasteiger partial charge in [-0.25, -0.2) is 14.3 Å². The molecule has 0 spiro atoms. The van der Waals surface area contributed by atoms with Gasteiger partial charge in [0.2, 0.25) is 5.78 Å². The molecule has 3 heterocycles. The number of alkyl halides is 3. The van der Waals surface area contributed by atoms with Gasteiger partial charge in [-0.2, -0.15) is 18.3 Å². The van der Waals surface area contributed by atoms with Crippen molar-refractivity contribution in [3.05, 3.63) is 60.3 Å². The molecule has 27 heavy (non-hydrogen) atoms. The number of carboxylic acid groups (broad SMARTS) is 1. The molecule has 0 aliphatic carbocycles. The lowest BCUT2D eigenvalue weighted by molar-refractivity contribution is -0.170. The molecular formula is C16H11F3N4O4. The van der Waals surface area contributed by atoms with E-state index in [1.54, 1.807) is 18.5 Å². The maximum atomic E-state index is 11.8. The molecule has 0 fully saturated rings. The van der Waals surface area contributed by atoms with Crippen molar-refractivity contribution in [1.82, 2.24) is 19.6 Å². The molecule has 0 aliphatic rings. The average Bonchev–Trinajstić information content (AvgIpc) is 3.07. The van der Waals surface area contributed by atoms with Gasteiger partial charge in [-0.1, -0.05) is 6.07 Å². The monoisotopic (exact) mass is 380 g/mol. The summed E-state index contributed by atoms with van der Waals surface area (Å²) in [5, 5.41) is 12.3. The molecule has 3 rings (SSSR count). The van der Waals surface area contributed by atoms with E-state index in [2.05, 4.69) is 15.1 Å². The van der Waals surface area contributed by atoms with E-state index in [0.717, 1.165) is 0 Å². The Bertz CT molecular complexity index is 937. The lowest BCUT2D eigenvalue weighted by atomic mass is 10.1. The Hall–Kier alpha value is -3.63. The van der Waals surface area contributed by atoms with Crippen molar-refractivity contribution >= 4 is 23.2 Å². The number of fused-ring (bicyclic) bond motifs is 1. The second-order valence-electron chi connectivity index (χ2n) is 4.99. The number of aromatic nitrogens is 4. The maximum Gasteiger partial charge on any atom is 0.450 e. The first-order chi connectivity index (χ1) is 12.7. The first-order valence-electron chi connectivity index (χ1n) is 7.26. The first-order valence-corrected chi connectivity index (χ1v) is 7.26. The summed E-state index contributed by atoms with van der Waals surface area (Å²) >= 11 is 0. The molecule has 0 saturated carbocycles. The van der Waals surface area contributed by atoms with Crippen LogP contribution >= 0.6 is 0 Å². The number of hydrogen-bond acceptors (Lipinski definition) is 6. The van der Waals surface area contributed by atoms with E-state index in [-0.39, 0.29) is 11.4 Å². The molecule has 0 amide bonds. The van der Waals surface area contributed by atoms with Crippen molar-refractivity contribution in [1.29, 1.82) is 0 Å². The number of Topliss-reactive ketones (excluding diaryl/α,β-unsaturated/α-hetero) is 2. The van der Waals surface area contributed by atoms with Crippen molar-refractivity contribution in [2.45, 2.75) is 12.6 Å². The molecule has 3 aromatic rings. The van der Waals surface area contributed by atoms with Gasteiger partial charge in [0.05, 0.1) is 6.42 Å². The van der Waals surface area contributed by atoms with Crippen molar-refractivity contribution in [2.75, 3.05) is 0 Å². The molecule has 8 nitrogen and oxygen atoms in total. The Morgan fingerprint density at radius 2 is 1.74 bits per heavy atom. The number of carbonyl (C=O) groups is 3. The van der Waals surface area contributed by atoms with E-state index in [4.69, 9.17) is 5.11 Å². The number of pyridine rings is 1. The third-order valence-electron chi connectivity index (χ3n) is 3.04. The van der Waals surface area contributed by atoms with E-state index in [0.29, 0.717) is 5.65 Å². The Balaban J connectivity index is 0.000000198. The molecule has 0 radical (unpaired) electrons. The standard InChI is InChI=1S/C9H6F3NO2.C7H5N3O2/c10-9(11,12)8(15)5-7(14)6-3-1-2-4-13-6;11-7(12)5-4-6-8-2-1-3-10(6)9-5/h1-4H,5H2;1-4H,(H,11,12). The minimum atomic E-state index is -4.97. The number of hydrogen-bond donors (Lipinski definition) is 1. The topological polar surface area (TPSA) is 115 Å². The highest BCUT2D eigenvalue weighted by Crippen LogP contribution is 2.18. The number of halogens is 3. The summed E-state index contributed by atoms with van der Waals surface area (Å²) in [6.07, 6.45) is -1.66. The second kappa shape index (κ2) is 8.17. The zero-order chi connectivity index (χ0) is 20.0. The largest absolute Gasteiger partial charge is 0.476 e. The number of carbonyl (C=O) groups excluding carboxylic acids is 2. The zero-order valence-corrected chi connectivity index (χ0v) is 13.4. The third kappa shape index (κ3) is 5.42. The van der Waals surface area contributed by atoms with Crippen LogP contribution in [0.15, 0.2) is 48.9 Å². The van der Waals surface area contributed by atoms with Crippen molar-refractivity contribution in [3.8, 4) is 0 Å². The van der Waals surface area contributed by atoms with Crippen LogP contribution < -0.4 is 0 Å². The molecule has 0 saturated heterocycles. The summed E-state index contributed by atoms with van der Waals surface area (Å²) in [6.45, 7) is 0. The van der Waals surface area contributed by atoms with Gasteiger partial charge in [-0.15, -0.1) is 0 Å². The summed E-state index contributed by atoms with van der Waals surface area (Å²) in [4.78, 5) is 39.5. The van der Waals surface area contributed by atoms with Gasteiger partial charge in [0, 0.05) is 24.7 Å². The van der Waals surface area contributed by atoms with Crippen molar-refractivity contribution in [3.63, 3.8) is 0 Å². The van der Waals surface area contributed by atoms with Crippen LogP contribution in [0.5, 0.6) is 0 Å². The molecule has 0 atom stereocenters.